The van der Waals surface area contributed by atoms with Crippen LogP contribution in [0.1, 0.15) is 16.8 Å². The van der Waals surface area contributed by atoms with Crippen LogP contribution < -0.4 is 5.56 Å². The number of hydrogen-bond acceptors (Lipinski definition) is 6. The van der Waals surface area contributed by atoms with Gasteiger partial charge in [0, 0.05) is 18.0 Å². The fourth-order valence-corrected chi connectivity index (χ4v) is 3.66. The second-order valence-corrected chi connectivity index (χ2v) is 7.42. The van der Waals surface area contributed by atoms with Crippen LogP contribution in [0.25, 0.3) is 11.3 Å². The van der Waals surface area contributed by atoms with Gasteiger partial charge < -0.3 is 0 Å². The van der Waals surface area contributed by atoms with Gasteiger partial charge in [-0.2, -0.15) is 4.68 Å². The number of benzene rings is 1. The summed E-state index contributed by atoms with van der Waals surface area (Å²) in [6.45, 7) is 4.09. The van der Waals surface area contributed by atoms with E-state index in [0.717, 1.165) is 11.3 Å². The van der Waals surface area contributed by atoms with Crippen molar-refractivity contribution in [1.29, 1.82) is 0 Å². The zero-order chi connectivity index (χ0) is 19.0. The number of pyridine rings is 1. The first-order chi connectivity index (χ1) is 13.0. The lowest BCUT2D eigenvalue weighted by molar-refractivity contribution is 0.751. The normalized spacial score (nSPS) is 11.2. The van der Waals surface area contributed by atoms with Gasteiger partial charge in [0.15, 0.2) is 0 Å². The maximum atomic E-state index is 12.3. The average molecular weight is 399 g/mol. The molecule has 0 spiro atoms. The molecular formula is C18H15ClN6OS. The van der Waals surface area contributed by atoms with Crippen molar-refractivity contribution in [2.75, 3.05) is 0 Å². The molecule has 0 aliphatic rings. The fourth-order valence-electron chi connectivity index (χ4n) is 2.72. The highest BCUT2D eigenvalue weighted by molar-refractivity contribution is 7.98. The first kappa shape index (κ1) is 17.7. The molecule has 4 aromatic rings. The lowest BCUT2D eigenvalue weighted by Crippen LogP contribution is -2.15. The van der Waals surface area contributed by atoms with Crippen molar-refractivity contribution in [2.45, 2.75) is 24.8 Å². The van der Waals surface area contributed by atoms with Crippen molar-refractivity contribution in [3.63, 3.8) is 0 Å². The van der Waals surface area contributed by atoms with Crippen molar-refractivity contribution < 1.29 is 0 Å². The van der Waals surface area contributed by atoms with E-state index in [1.54, 1.807) is 23.0 Å². The smallest absolute Gasteiger partial charge is 0.258 e. The number of tetrazole rings is 1. The molecule has 3 aromatic heterocycles. The van der Waals surface area contributed by atoms with Crippen LogP contribution in [0.15, 0.2) is 52.5 Å². The molecule has 0 aliphatic heterocycles. The topological polar surface area (TPSA) is 78.0 Å². The number of halogens is 1. The van der Waals surface area contributed by atoms with Crippen LogP contribution in [-0.4, -0.2) is 29.6 Å². The molecule has 0 bridgehead atoms. The molecular weight excluding hydrogens is 384 g/mol. The van der Waals surface area contributed by atoms with Gasteiger partial charge in [0.05, 0.1) is 16.4 Å². The zero-order valence-corrected chi connectivity index (χ0v) is 16.2. The minimum absolute atomic E-state index is 0.174. The van der Waals surface area contributed by atoms with Crippen molar-refractivity contribution in [1.82, 2.24) is 29.6 Å². The lowest BCUT2D eigenvalue weighted by atomic mass is 10.1. The summed E-state index contributed by atoms with van der Waals surface area (Å²) in [5.74, 6) is 0.472. The summed E-state index contributed by atoms with van der Waals surface area (Å²) in [5, 5.41) is 13.2. The zero-order valence-electron chi connectivity index (χ0n) is 14.6. The van der Waals surface area contributed by atoms with Gasteiger partial charge in [-0.1, -0.05) is 35.5 Å². The molecule has 4 rings (SSSR count). The van der Waals surface area contributed by atoms with Gasteiger partial charge in [0.25, 0.3) is 5.56 Å². The summed E-state index contributed by atoms with van der Waals surface area (Å²) in [5.41, 5.74) is 4.25. The lowest BCUT2D eigenvalue weighted by Gasteiger charge is -2.09. The van der Waals surface area contributed by atoms with Crippen LogP contribution >= 0.6 is 23.4 Å². The van der Waals surface area contributed by atoms with Crippen LogP contribution in [0.4, 0.5) is 0 Å². The van der Waals surface area contributed by atoms with E-state index < -0.39 is 0 Å². The monoisotopic (exact) mass is 398 g/mol. The maximum Gasteiger partial charge on any atom is 0.258 e. The number of thioether (sulfide) groups is 1. The Morgan fingerprint density at radius 1 is 1.19 bits per heavy atom. The second-order valence-electron chi connectivity index (χ2n) is 6.04. The van der Waals surface area contributed by atoms with Gasteiger partial charge in [0.2, 0.25) is 5.16 Å². The Morgan fingerprint density at radius 3 is 2.89 bits per heavy atom. The third kappa shape index (κ3) is 3.45. The molecule has 0 unspecified atom stereocenters. The third-order valence-electron chi connectivity index (χ3n) is 4.27. The highest BCUT2D eigenvalue weighted by Crippen LogP contribution is 2.24. The van der Waals surface area contributed by atoms with E-state index >= 15 is 0 Å². The SMILES string of the molecule is Cc1cccc(-n2nnnc2SCc2cc(=O)n3cc(Cl)ccc3n2)c1C. The van der Waals surface area contributed by atoms with Crippen LogP contribution in [0, 0.1) is 13.8 Å². The van der Waals surface area contributed by atoms with E-state index in [1.807, 2.05) is 19.1 Å². The quantitative estimate of drug-likeness (QED) is 0.491. The minimum Gasteiger partial charge on any atom is -0.269 e. The molecule has 0 amide bonds. The molecule has 136 valence electrons. The van der Waals surface area contributed by atoms with Crippen molar-refractivity contribution in [3.05, 3.63) is 74.8 Å². The van der Waals surface area contributed by atoms with Gasteiger partial charge >= 0.3 is 0 Å². The Bertz CT molecular complexity index is 1200. The highest BCUT2D eigenvalue weighted by Gasteiger charge is 2.13. The minimum atomic E-state index is -0.174. The molecule has 7 nitrogen and oxygen atoms in total. The molecule has 27 heavy (non-hydrogen) atoms. The third-order valence-corrected chi connectivity index (χ3v) is 5.45. The number of rotatable bonds is 4. The Hall–Kier alpha value is -2.71. The van der Waals surface area contributed by atoms with E-state index in [-0.39, 0.29) is 5.56 Å². The van der Waals surface area contributed by atoms with Gasteiger partial charge in [0.1, 0.15) is 5.65 Å². The molecule has 0 saturated heterocycles. The summed E-state index contributed by atoms with van der Waals surface area (Å²) in [4.78, 5) is 16.8. The largest absolute Gasteiger partial charge is 0.269 e. The van der Waals surface area contributed by atoms with E-state index in [4.69, 9.17) is 11.6 Å². The number of hydrogen-bond donors (Lipinski definition) is 0. The summed E-state index contributed by atoms with van der Waals surface area (Å²) in [7, 11) is 0. The van der Waals surface area contributed by atoms with Crippen molar-refractivity contribution in [2.24, 2.45) is 0 Å². The maximum absolute atomic E-state index is 12.3. The second kappa shape index (κ2) is 7.13. The van der Waals surface area contributed by atoms with Gasteiger partial charge in [-0.25, -0.2) is 4.98 Å². The molecule has 0 radical (unpaired) electrons. The van der Waals surface area contributed by atoms with Crippen molar-refractivity contribution >= 4 is 29.0 Å². The Morgan fingerprint density at radius 2 is 2.04 bits per heavy atom. The van der Waals surface area contributed by atoms with Crippen LogP contribution in [0.2, 0.25) is 5.02 Å². The molecule has 0 atom stereocenters. The molecule has 0 aliphatic carbocycles. The number of aromatic nitrogens is 6. The molecule has 9 heteroatoms. The van der Waals surface area contributed by atoms with Gasteiger partial charge in [-0.3, -0.25) is 9.20 Å². The van der Waals surface area contributed by atoms with E-state index in [0.29, 0.717) is 27.3 Å². The molecule has 0 N–H and O–H groups in total. The summed E-state index contributed by atoms with van der Waals surface area (Å²) in [6, 6.07) is 10.9. The number of aryl methyl sites for hydroxylation is 1. The molecule has 0 saturated carbocycles. The van der Waals surface area contributed by atoms with Gasteiger partial charge in [-0.05, 0) is 53.6 Å². The Kier molecular flexibility index (Phi) is 4.67. The fraction of sp³-hybridized carbons (Fsp3) is 0.167. The van der Waals surface area contributed by atoms with Gasteiger partial charge in [-0.15, -0.1) is 5.10 Å². The summed E-state index contributed by atoms with van der Waals surface area (Å²) in [6.07, 6.45) is 1.56. The number of fused-ring (bicyclic) bond motifs is 1. The molecule has 3 heterocycles. The van der Waals surface area contributed by atoms with Crippen LogP contribution in [0.5, 0.6) is 0 Å². The molecule has 0 fully saturated rings. The average Bonchev–Trinajstić information content (AvgIpc) is 3.11. The van der Waals surface area contributed by atoms with E-state index in [1.165, 1.54) is 27.8 Å². The molecule has 1 aromatic carbocycles. The summed E-state index contributed by atoms with van der Waals surface area (Å²) < 4.78 is 3.14. The Labute approximate surface area is 164 Å². The van der Waals surface area contributed by atoms with Crippen LogP contribution in [0.3, 0.4) is 0 Å². The van der Waals surface area contributed by atoms with Crippen LogP contribution in [-0.2, 0) is 5.75 Å². The van der Waals surface area contributed by atoms with E-state index in [9.17, 15) is 4.79 Å². The van der Waals surface area contributed by atoms with Crippen molar-refractivity contribution in [3.8, 4) is 5.69 Å². The summed E-state index contributed by atoms with van der Waals surface area (Å²) >= 11 is 7.37. The first-order valence-corrected chi connectivity index (χ1v) is 9.55. The first-order valence-electron chi connectivity index (χ1n) is 8.18. The van der Waals surface area contributed by atoms with E-state index in [2.05, 4.69) is 33.5 Å². The number of nitrogens with zero attached hydrogens (tertiary/aromatic N) is 6. The predicted octanol–water partition coefficient (Wildman–Crippen LogP) is 3.23. The standard InChI is InChI=1S/C18H15ClN6OS/c1-11-4-3-5-15(12(11)2)25-18(21-22-23-25)27-10-14-8-17(26)24-9-13(19)6-7-16(24)20-14/h3-9H,10H2,1-2H3. The predicted molar refractivity (Wildman–Crippen MR) is 105 cm³/mol. The highest BCUT2D eigenvalue weighted by atomic mass is 35.5. The Balaban J connectivity index is 1.63.